The predicted molar refractivity (Wildman–Crippen MR) is 86.9 cm³/mol. The largest absolute Gasteiger partial charge is 0.311 e. The fraction of sp³-hybridized carbons (Fsp3) is 0.722. The second-order valence-corrected chi connectivity index (χ2v) is 7.29. The number of hydrogen-bond acceptors (Lipinski definition) is 3. The summed E-state index contributed by atoms with van der Waals surface area (Å²) in [5.74, 6) is 2.64. The zero-order chi connectivity index (χ0) is 14.7. The van der Waals surface area contributed by atoms with Gasteiger partial charge in [-0.3, -0.25) is 9.88 Å². The minimum absolute atomic E-state index is 0.692. The molecule has 0 bridgehead atoms. The van der Waals surface area contributed by atoms with Crippen LogP contribution in [-0.4, -0.2) is 29.5 Å². The fourth-order valence-corrected chi connectivity index (χ4v) is 3.90. The molecular formula is C18H29N3. The fourth-order valence-electron chi connectivity index (χ4n) is 3.90. The van der Waals surface area contributed by atoms with Crippen molar-refractivity contribution in [3.63, 3.8) is 0 Å². The highest BCUT2D eigenvalue weighted by molar-refractivity contribution is 5.11. The molecule has 0 radical (unpaired) electrons. The average Bonchev–Trinajstić information content (AvgIpc) is 2.99. The van der Waals surface area contributed by atoms with E-state index in [1.807, 2.05) is 0 Å². The van der Waals surface area contributed by atoms with Crippen molar-refractivity contribution in [3.05, 3.63) is 29.6 Å². The molecule has 2 aliphatic rings. The lowest BCUT2D eigenvalue weighted by Gasteiger charge is -2.16. The van der Waals surface area contributed by atoms with E-state index in [9.17, 15) is 0 Å². The lowest BCUT2D eigenvalue weighted by Crippen LogP contribution is -2.23. The number of nitrogens with one attached hydrogen (secondary N) is 1. The number of pyridine rings is 1. The summed E-state index contributed by atoms with van der Waals surface area (Å²) < 4.78 is 0. The molecule has 2 atom stereocenters. The zero-order valence-corrected chi connectivity index (χ0v) is 13.5. The molecule has 3 rings (SSSR count). The van der Waals surface area contributed by atoms with E-state index in [1.165, 1.54) is 43.7 Å². The van der Waals surface area contributed by atoms with E-state index in [4.69, 9.17) is 4.98 Å². The van der Waals surface area contributed by atoms with Gasteiger partial charge in [0, 0.05) is 26.2 Å². The maximum absolute atomic E-state index is 4.82. The van der Waals surface area contributed by atoms with Crippen LogP contribution in [0.2, 0.25) is 0 Å². The molecule has 0 amide bonds. The average molecular weight is 287 g/mol. The molecule has 3 heteroatoms. The molecule has 2 fully saturated rings. The van der Waals surface area contributed by atoms with Gasteiger partial charge in [0.15, 0.2) is 0 Å². The van der Waals surface area contributed by atoms with Crippen molar-refractivity contribution >= 4 is 0 Å². The topological polar surface area (TPSA) is 28.2 Å². The molecule has 0 aromatic carbocycles. The van der Waals surface area contributed by atoms with Crippen molar-refractivity contribution in [1.82, 2.24) is 15.2 Å². The maximum atomic E-state index is 4.82. The summed E-state index contributed by atoms with van der Waals surface area (Å²) >= 11 is 0. The summed E-state index contributed by atoms with van der Waals surface area (Å²) in [5, 5.41) is 3.48. The molecule has 3 nitrogen and oxygen atoms in total. The van der Waals surface area contributed by atoms with Crippen molar-refractivity contribution < 1.29 is 0 Å². The SMILES string of the molecule is CC(C)CNCc1cccc(CN2CC3CCCC3C2)n1. The molecule has 1 aliphatic heterocycles. The summed E-state index contributed by atoms with van der Waals surface area (Å²) in [4.78, 5) is 7.44. The minimum Gasteiger partial charge on any atom is -0.311 e. The Kier molecular flexibility index (Phi) is 4.91. The molecular weight excluding hydrogens is 258 g/mol. The van der Waals surface area contributed by atoms with Gasteiger partial charge in [-0.25, -0.2) is 0 Å². The second kappa shape index (κ2) is 6.89. The molecule has 21 heavy (non-hydrogen) atoms. The molecule has 2 unspecified atom stereocenters. The predicted octanol–water partition coefficient (Wildman–Crippen LogP) is 3.06. The number of hydrogen-bond donors (Lipinski definition) is 1. The van der Waals surface area contributed by atoms with Crippen molar-refractivity contribution in [1.29, 1.82) is 0 Å². The first-order chi connectivity index (χ1) is 10.2. The van der Waals surface area contributed by atoms with Crippen LogP contribution < -0.4 is 5.32 Å². The van der Waals surface area contributed by atoms with Crippen LogP contribution in [-0.2, 0) is 13.1 Å². The van der Waals surface area contributed by atoms with Gasteiger partial charge in [0.25, 0.3) is 0 Å². The van der Waals surface area contributed by atoms with Crippen LogP contribution in [0.15, 0.2) is 18.2 Å². The zero-order valence-electron chi connectivity index (χ0n) is 13.5. The van der Waals surface area contributed by atoms with E-state index in [0.29, 0.717) is 5.92 Å². The Morgan fingerprint density at radius 2 is 1.90 bits per heavy atom. The number of fused-ring (bicyclic) bond motifs is 1. The molecule has 116 valence electrons. The highest BCUT2D eigenvalue weighted by Crippen LogP contribution is 2.38. The van der Waals surface area contributed by atoms with E-state index in [2.05, 4.69) is 42.3 Å². The number of nitrogens with zero attached hydrogens (tertiary/aromatic N) is 2. The van der Waals surface area contributed by atoms with E-state index >= 15 is 0 Å². The Morgan fingerprint density at radius 3 is 2.62 bits per heavy atom. The normalized spacial score (nSPS) is 25.7. The molecule has 2 heterocycles. The number of rotatable bonds is 6. The van der Waals surface area contributed by atoms with Crippen LogP contribution in [0.3, 0.4) is 0 Å². The third-order valence-corrected chi connectivity index (χ3v) is 4.91. The summed E-state index contributed by atoms with van der Waals surface area (Å²) in [5.41, 5.74) is 2.41. The van der Waals surface area contributed by atoms with Crippen molar-refractivity contribution in [3.8, 4) is 0 Å². The number of likely N-dealkylation sites (tertiary alicyclic amines) is 1. The van der Waals surface area contributed by atoms with Crippen LogP contribution in [0.5, 0.6) is 0 Å². The van der Waals surface area contributed by atoms with Gasteiger partial charge in [-0.05, 0) is 49.3 Å². The lowest BCUT2D eigenvalue weighted by atomic mass is 10.0. The van der Waals surface area contributed by atoms with Gasteiger partial charge in [0.05, 0.1) is 11.4 Å². The van der Waals surface area contributed by atoms with Crippen molar-refractivity contribution in [2.75, 3.05) is 19.6 Å². The third-order valence-electron chi connectivity index (χ3n) is 4.91. The van der Waals surface area contributed by atoms with Gasteiger partial charge in [0.2, 0.25) is 0 Å². The van der Waals surface area contributed by atoms with E-state index in [0.717, 1.165) is 31.5 Å². The van der Waals surface area contributed by atoms with Gasteiger partial charge in [-0.2, -0.15) is 0 Å². The van der Waals surface area contributed by atoms with Crippen molar-refractivity contribution in [2.24, 2.45) is 17.8 Å². The van der Waals surface area contributed by atoms with E-state index in [1.54, 1.807) is 0 Å². The maximum Gasteiger partial charge on any atom is 0.0547 e. The second-order valence-electron chi connectivity index (χ2n) is 7.29. The van der Waals surface area contributed by atoms with Crippen LogP contribution in [0.4, 0.5) is 0 Å². The highest BCUT2D eigenvalue weighted by atomic mass is 15.2. The minimum atomic E-state index is 0.692. The first-order valence-corrected chi connectivity index (χ1v) is 8.58. The molecule has 1 N–H and O–H groups in total. The van der Waals surface area contributed by atoms with Crippen LogP contribution in [0.1, 0.15) is 44.5 Å². The quantitative estimate of drug-likeness (QED) is 0.871. The number of aromatic nitrogens is 1. The van der Waals surface area contributed by atoms with Gasteiger partial charge >= 0.3 is 0 Å². The Balaban J connectivity index is 1.51. The van der Waals surface area contributed by atoms with Gasteiger partial charge in [-0.1, -0.05) is 26.3 Å². The summed E-state index contributed by atoms with van der Waals surface area (Å²) in [6.45, 7) is 10.0. The third kappa shape index (κ3) is 4.04. The molecule has 1 saturated carbocycles. The lowest BCUT2D eigenvalue weighted by molar-refractivity contribution is 0.299. The van der Waals surface area contributed by atoms with Crippen LogP contribution in [0, 0.1) is 17.8 Å². The van der Waals surface area contributed by atoms with E-state index < -0.39 is 0 Å². The van der Waals surface area contributed by atoms with Gasteiger partial charge < -0.3 is 5.32 Å². The Hall–Kier alpha value is -0.930. The molecule has 1 aliphatic carbocycles. The Labute approximate surface area is 129 Å². The molecule has 1 saturated heterocycles. The van der Waals surface area contributed by atoms with Crippen LogP contribution >= 0.6 is 0 Å². The van der Waals surface area contributed by atoms with Crippen molar-refractivity contribution in [2.45, 2.75) is 46.2 Å². The molecule has 1 aromatic heterocycles. The molecule has 0 spiro atoms. The standard InChI is InChI=1S/C18H29N3/c1-14(2)9-19-10-17-7-4-8-18(20-17)13-21-11-15-5-3-6-16(15)12-21/h4,7-8,14-16,19H,3,5-6,9-13H2,1-2H3. The van der Waals surface area contributed by atoms with Gasteiger partial charge in [-0.15, -0.1) is 0 Å². The Morgan fingerprint density at radius 1 is 1.19 bits per heavy atom. The van der Waals surface area contributed by atoms with Gasteiger partial charge in [0.1, 0.15) is 0 Å². The summed E-state index contributed by atoms with van der Waals surface area (Å²) in [6, 6.07) is 6.47. The highest BCUT2D eigenvalue weighted by Gasteiger charge is 2.35. The first-order valence-electron chi connectivity index (χ1n) is 8.58. The van der Waals surface area contributed by atoms with E-state index in [-0.39, 0.29) is 0 Å². The van der Waals surface area contributed by atoms with Crippen LogP contribution in [0.25, 0.3) is 0 Å². The molecule has 1 aromatic rings. The Bertz CT molecular complexity index is 446. The first kappa shape index (κ1) is 15.0. The summed E-state index contributed by atoms with van der Waals surface area (Å²) in [6.07, 6.45) is 4.36. The monoisotopic (exact) mass is 287 g/mol. The smallest absolute Gasteiger partial charge is 0.0547 e. The summed E-state index contributed by atoms with van der Waals surface area (Å²) in [7, 11) is 0.